The van der Waals surface area contributed by atoms with E-state index in [1.165, 1.54) is 12.1 Å². The van der Waals surface area contributed by atoms with Gasteiger partial charge < -0.3 is 10.5 Å². The lowest BCUT2D eigenvalue weighted by Crippen LogP contribution is -2.32. The number of halogens is 1. The Balaban J connectivity index is 2.28. The van der Waals surface area contributed by atoms with Crippen LogP contribution >= 0.6 is 0 Å². The zero-order valence-electron chi connectivity index (χ0n) is 11.7. The maximum Gasteiger partial charge on any atom is 0.155 e. The molecule has 0 aliphatic heterocycles. The Morgan fingerprint density at radius 1 is 1.38 bits per heavy atom. The molecule has 0 saturated heterocycles. The van der Waals surface area contributed by atoms with Crippen molar-refractivity contribution in [2.24, 2.45) is 5.73 Å². The average molecular weight is 285 g/mol. The van der Waals surface area contributed by atoms with E-state index in [1.54, 1.807) is 24.4 Å². The molecule has 0 aliphatic carbocycles. The first-order valence-corrected chi connectivity index (χ1v) is 6.68. The molecule has 0 aliphatic rings. The summed E-state index contributed by atoms with van der Waals surface area (Å²) in [4.78, 5) is 4.25. The van der Waals surface area contributed by atoms with Crippen molar-refractivity contribution < 1.29 is 9.13 Å². The highest BCUT2D eigenvalue weighted by Crippen LogP contribution is 2.25. The normalized spacial score (nSPS) is 13.2. The molecule has 5 heteroatoms. The van der Waals surface area contributed by atoms with Gasteiger partial charge in [0.2, 0.25) is 0 Å². The highest BCUT2D eigenvalue weighted by atomic mass is 19.1. The van der Waals surface area contributed by atoms with Gasteiger partial charge in [-0.3, -0.25) is 4.98 Å². The monoisotopic (exact) mass is 285 g/mol. The van der Waals surface area contributed by atoms with Gasteiger partial charge in [0.05, 0.1) is 11.3 Å². The first kappa shape index (κ1) is 14.9. The zero-order valence-corrected chi connectivity index (χ0v) is 11.7. The molecule has 1 heterocycles. The second kappa shape index (κ2) is 6.82. The molecule has 2 atom stereocenters. The van der Waals surface area contributed by atoms with E-state index in [9.17, 15) is 4.39 Å². The third-order valence-corrected chi connectivity index (χ3v) is 3.16. The van der Waals surface area contributed by atoms with Crippen LogP contribution in [0, 0.1) is 17.1 Å². The highest BCUT2D eigenvalue weighted by molar-refractivity contribution is 5.36. The first-order valence-electron chi connectivity index (χ1n) is 6.68. The van der Waals surface area contributed by atoms with E-state index in [0.29, 0.717) is 17.9 Å². The number of pyridine rings is 1. The van der Waals surface area contributed by atoms with E-state index >= 15 is 0 Å². The predicted octanol–water partition coefficient (Wildman–Crippen LogP) is 2.95. The van der Waals surface area contributed by atoms with Gasteiger partial charge in [-0.25, -0.2) is 4.39 Å². The van der Waals surface area contributed by atoms with Crippen molar-refractivity contribution in [1.82, 2.24) is 4.98 Å². The molecule has 0 spiro atoms. The largest absolute Gasteiger partial charge is 0.482 e. The van der Waals surface area contributed by atoms with Crippen LogP contribution in [0.3, 0.4) is 0 Å². The third-order valence-electron chi connectivity index (χ3n) is 3.16. The molecule has 4 nitrogen and oxygen atoms in total. The van der Waals surface area contributed by atoms with Gasteiger partial charge in [0.25, 0.3) is 0 Å². The zero-order chi connectivity index (χ0) is 15.2. The van der Waals surface area contributed by atoms with Crippen molar-refractivity contribution in [3.05, 3.63) is 59.7 Å². The average Bonchev–Trinajstić information content (AvgIpc) is 2.53. The van der Waals surface area contributed by atoms with Crippen molar-refractivity contribution in [1.29, 1.82) is 5.26 Å². The molecule has 0 radical (unpaired) electrons. The summed E-state index contributed by atoms with van der Waals surface area (Å²) in [5.74, 6) is -0.286. The molecule has 0 amide bonds. The van der Waals surface area contributed by atoms with E-state index in [2.05, 4.69) is 4.98 Å². The lowest BCUT2D eigenvalue weighted by atomic mass is 10.1. The molecule has 108 valence electrons. The molecule has 21 heavy (non-hydrogen) atoms. The first-order chi connectivity index (χ1) is 10.2. The third kappa shape index (κ3) is 3.56. The topological polar surface area (TPSA) is 71.9 Å². The van der Waals surface area contributed by atoms with Crippen LogP contribution in [-0.2, 0) is 0 Å². The number of hydrogen-bond donors (Lipinski definition) is 1. The number of aromatic nitrogens is 1. The second-order valence-electron chi connectivity index (χ2n) is 4.62. The minimum Gasteiger partial charge on any atom is -0.482 e. The summed E-state index contributed by atoms with van der Waals surface area (Å²) < 4.78 is 19.4. The molecule has 2 N–H and O–H groups in total. The molecule has 1 aromatic heterocycles. The molecule has 0 fully saturated rings. The number of hydrogen-bond acceptors (Lipinski definition) is 4. The van der Waals surface area contributed by atoms with Crippen molar-refractivity contribution in [3.8, 4) is 11.8 Å². The summed E-state index contributed by atoms with van der Waals surface area (Å²) in [6.07, 6.45) is 1.89. The van der Waals surface area contributed by atoms with E-state index in [-0.39, 0.29) is 11.6 Å². The van der Waals surface area contributed by atoms with Gasteiger partial charge in [0.15, 0.2) is 6.10 Å². The second-order valence-corrected chi connectivity index (χ2v) is 4.62. The van der Waals surface area contributed by atoms with Crippen molar-refractivity contribution in [2.75, 3.05) is 0 Å². The van der Waals surface area contributed by atoms with Gasteiger partial charge in [0.1, 0.15) is 17.6 Å². The van der Waals surface area contributed by atoms with Crippen LogP contribution in [0.15, 0.2) is 42.6 Å². The van der Waals surface area contributed by atoms with Crippen LogP contribution in [-0.4, -0.2) is 11.0 Å². The maximum atomic E-state index is 13.6. The van der Waals surface area contributed by atoms with E-state index in [4.69, 9.17) is 15.7 Å². The fourth-order valence-corrected chi connectivity index (χ4v) is 1.93. The summed E-state index contributed by atoms with van der Waals surface area (Å²) in [5.41, 5.74) is 6.75. The highest BCUT2D eigenvalue weighted by Gasteiger charge is 2.22. The number of benzene rings is 1. The van der Waals surface area contributed by atoms with E-state index in [1.807, 2.05) is 19.1 Å². The minimum atomic E-state index is -0.611. The predicted molar refractivity (Wildman–Crippen MR) is 77.0 cm³/mol. The molecular formula is C16H16FN3O. The number of nitriles is 1. The Bertz CT molecular complexity index is 640. The summed E-state index contributed by atoms with van der Waals surface area (Å²) in [6, 6.07) is 11.1. The summed E-state index contributed by atoms with van der Waals surface area (Å²) in [5, 5.41) is 8.73. The Hall–Kier alpha value is -2.45. The van der Waals surface area contributed by atoms with Crippen LogP contribution in [0.4, 0.5) is 4.39 Å². The number of rotatable bonds is 5. The number of nitrogens with two attached hydrogens (primary N) is 1. The fraction of sp³-hybridized carbons (Fsp3) is 0.250. The molecule has 2 rings (SSSR count). The van der Waals surface area contributed by atoms with Gasteiger partial charge in [-0.15, -0.1) is 0 Å². The summed E-state index contributed by atoms with van der Waals surface area (Å²) in [6.45, 7) is 1.95. The fourth-order valence-electron chi connectivity index (χ4n) is 1.93. The van der Waals surface area contributed by atoms with Crippen LogP contribution in [0.25, 0.3) is 0 Å². The Labute approximate surface area is 123 Å². The van der Waals surface area contributed by atoms with Gasteiger partial charge in [0, 0.05) is 18.3 Å². The number of ether oxygens (including phenoxy) is 1. The Kier molecular flexibility index (Phi) is 4.85. The Morgan fingerprint density at radius 2 is 2.19 bits per heavy atom. The minimum absolute atomic E-state index is 0.0171. The van der Waals surface area contributed by atoms with E-state index < -0.39 is 11.9 Å². The van der Waals surface area contributed by atoms with Crippen LogP contribution in [0.1, 0.15) is 30.7 Å². The molecule has 1 aromatic carbocycles. The molecule has 2 aromatic rings. The van der Waals surface area contributed by atoms with Crippen molar-refractivity contribution >= 4 is 0 Å². The molecule has 0 saturated carbocycles. The van der Waals surface area contributed by atoms with Crippen LogP contribution in [0.2, 0.25) is 0 Å². The van der Waals surface area contributed by atoms with Gasteiger partial charge in [-0.2, -0.15) is 5.26 Å². The SMILES string of the molecule is CCC(N)C(Oc1ccc(C#N)c(F)c1)c1ccccn1. The lowest BCUT2D eigenvalue weighted by Gasteiger charge is -2.23. The van der Waals surface area contributed by atoms with Gasteiger partial charge in [-0.1, -0.05) is 13.0 Å². The maximum absolute atomic E-state index is 13.6. The molecular weight excluding hydrogens is 269 g/mol. The van der Waals surface area contributed by atoms with Crippen LogP contribution in [0.5, 0.6) is 5.75 Å². The molecule has 0 bridgehead atoms. The molecule has 2 unspecified atom stereocenters. The summed E-state index contributed by atoms with van der Waals surface area (Å²) >= 11 is 0. The Morgan fingerprint density at radius 3 is 2.76 bits per heavy atom. The smallest absolute Gasteiger partial charge is 0.155 e. The summed E-state index contributed by atoms with van der Waals surface area (Å²) in [7, 11) is 0. The van der Waals surface area contributed by atoms with Gasteiger partial charge >= 0.3 is 0 Å². The van der Waals surface area contributed by atoms with Crippen molar-refractivity contribution in [2.45, 2.75) is 25.5 Å². The standard InChI is InChI=1S/C16H16FN3O/c1-2-14(19)16(15-5-3-4-8-20-15)21-12-7-6-11(10-18)13(17)9-12/h3-9,14,16H,2,19H2,1H3. The number of nitrogens with zero attached hydrogens (tertiary/aromatic N) is 2. The van der Waals surface area contributed by atoms with E-state index in [0.717, 1.165) is 0 Å². The lowest BCUT2D eigenvalue weighted by molar-refractivity contribution is 0.166. The van der Waals surface area contributed by atoms with Gasteiger partial charge in [-0.05, 0) is 30.7 Å². The van der Waals surface area contributed by atoms with Crippen molar-refractivity contribution in [3.63, 3.8) is 0 Å². The van der Waals surface area contributed by atoms with Crippen LogP contribution < -0.4 is 10.5 Å². The quantitative estimate of drug-likeness (QED) is 0.916.